The molecule has 1 aliphatic heterocycles. The van der Waals surface area contributed by atoms with E-state index in [1.54, 1.807) is 0 Å². The molecule has 0 spiro atoms. The third kappa shape index (κ3) is 4.96. The smallest absolute Gasteiger partial charge is 0.0230 e. The second kappa shape index (κ2) is 7.66. The van der Waals surface area contributed by atoms with Crippen LogP contribution in [0.2, 0.25) is 0 Å². The molecule has 0 bridgehead atoms. The largest absolute Gasteiger partial charge is 0.316 e. The molecule has 1 N–H and O–H groups in total. The number of hydrogen-bond acceptors (Lipinski definition) is 2. The van der Waals surface area contributed by atoms with E-state index in [-0.39, 0.29) is 0 Å². The van der Waals surface area contributed by atoms with Gasteiger partial charge in [0.25, 0.3) is 0 Å². The van der Waals surface area contributed by atoms with Gasteiger partial charge in [-0.15, -0.1) is 0 Å². The summed E-state index contributed by atoms with van der Waals surface area (Å²) in [7, 11) is 2.24. The summed E-state index contributed by atoms with van der Waals surface area (Å²) in [6.07, 6.45) is 5.15. The van der Waals surface area contributed by atoms with Crippen molar-refractivity contribution in [2.45, 2.75) is 39.2 Å². The summed E-state index contributed by atoms with van der Waals surface area (Å²) in [5, 5.41) is 3.50. The lowest BCUT2D eigenvalue weighted by Crippen LogP contribution is -2.36. The predicted octanol–water partition coefficient (Wildman–Crippen LogP) is 3.07. The van der Waals surface area contributed by atoms with E-state index in [0.29, 0.717) is 0 Å². The number of nitrogens with one attached hydrogen (secondary N) is 1. The highest BCUT2D eigenvalue weighted by molar-refractivity contribution is 5.22. The van der Waals surface area contributed by atoms with E-state index >= 15 is 0 Å². The lowest BCUT2D eigenvalue weighted by molar-refractivity contribution is 0.237. The molecule has 2 nitrogen and oxygen atoms in total. The molecule has 1 atom stereocenters. The van der Waals surface area contributed by atoms with Crippen LogP contribution in [0, 0.1) is 5.92 Å². The maximum atomic E-state index is 3.50. The summed E-state index contributed by atoms with van der Waals surface area (Å²) < 4.78 is 0. The van der Waals surface area contributed by atoms with Crippen LogP contribution >= 0.6 is 0 Å². The zero-order valence-corrected chi connectivity index (χ0v) is 12.5. The summed E-state index contributed by atoms with van der Waals surface area (Å²) >= 11 is 0. The number of hydrogen-bond donors (Lipinski definition) is 1. The van der Waals surface area contributed by atoms with Crippen LogP contribution in [-0.4, -0.2) is 31.6 Å². The van der Waals surface area contributed by atoms with Gasteiger partial charge in [0.15, 0.2) is 0 Å². The molecule has 1 fully saturated rings. The van der Waals surface area contributed by atoms with Crippen molar-refractivity contribution in [1.29, 1.82) is 0 Å². The van der Waals surface area contributed by atoms with Gasteiger partial charge in [-0.1, -0.05) is 37.6 Å². The van der Waals surface area contributed by atoms with Crippen molar-refractivity contribution < 1.29 is 0 Å². The molecule has 0 aromatic heterocycles. The van der Waals surface area contributed by atoms with E-state index in [1.807, 2.05) is 0 Å². The third-order valence-electron chi connectivity index (χ3n) is 3.98. The number of piperidine rings is 1. The Morgan fingerprint density at radius 3 is 2.58 bits per heavy atom. The van der Waals surface area contributed by atoms with Gasteiger partial charge in [0.05, 0.1) is 0 Å². The van der Waals surface area contributed by atoms with Gasteiger partial charge < -0.3 is 10.2 Å². The van der Waals surface area contributed by atoms with Crippen molar-refractivity contribution in [3.05, 3.63) is 35.4 Å². The Balaban J connectivity index is 1.78. The summed E-state index contributed by atoms with van der Waals surface area (Å²) in [5.74, 6) is 0.832. The molecule has 106 valence electrons. The van der Waals surface area contributed by atoms with Crippen LogP contribution in [0.4, 0.5) is 0 Å². The molecule has 0 aliphatic carbocycles. The van der Waals surface area contributed by atoms with Crippen LogP contribution in [0.15, 0.2) is 24.3 Å². The van der Waals surface area contributed by atoms with Gasteiger partial charge in [0, 0.05) is 13.1 Å². The quantitative estimate of drug-likeness (QED) is 0.845. The lowest BCUT2D eigenvalue weighted by Gasteiger charge is -2.27. The second-order valence-corrected chi connectivity index (χ2v) is 5.98. The van der Waals surface area contributed by atoms with Crippen molar-refractivity contribution in [3.8, 4) is 0 Å². The Kier molecular flexibility index (Phi) is 5.87. The molecule has 1 aromatic carbocycles. The van der Waals surface area contributed by atoms with Crippen molar-refractivity contribution in [3.63, 3.8) is 0 Å². The first-order valence-electron chi connectivity index (χ1n) is 7.75. The maximum absolute atomic E-state index is 3.50. The van der Waals surface area contributed by atoms with E-state index in [2.05, 4.69) is 48.5 Å². The fourth-order valence-electron chi connectivity index (χ4n) is 3.00. The number of aryl methyl sites for hydroxylation is 1. The summed E-state index contributed by atoms with van der Waals surface area (Å²) in [5.41, 5.74) is 2.90. The van der Waals surface area contributed by atoms with E-state index in [9.17, 15) is 0 Å². The van der Waals surface area contributed by atoms with Crippen molar-refractivity contribution in [1.82, 2.24) is 10.2 Å². The van der Waals surface area contributed by atoms with E-state index in [0.717, 1.165) is 12.5 Å². The predicted molar refractivity (Wildman–Crippen MR) is 82.4 cm³/mol. The lowest BCUT2D eigenvalue weighted by atomic mass is 9.99. The van der Waals surface area contributed by atoms with Gasteiger partial charge >= 0.3 is 0 Å². The van der Waals surface area contributed by atoms with Crippen molar-refractivity contribution >= 4 is 0 Å². The number of nitrogens with zero attached hydrogens (tertiary/aromatic N) is 1. The fraction of sp³-hybridized carbons (Fsp3) is 0.647. The molecule has 0 amide bonds. The van der Waals surface area contributed by atoms with Gasteiger partial charge in [0.2, 0.25) is 0 Å². The highest BCUT2D eigenvalue weighted by atomic mass is 15.1. The van der Waals surface area contributed by atoms with E-state index < -0.39 is 0 Å². The minimum atomic E-state index is 0.832. The molecule has 0 saturated carbocycles. The monoisotopic (exact) mass is 260 g/mol. The minimum Gasteiger partial charge on any atom is -0.316 e. The van der Waals surface area contributed by atoms with E-state index in [4.69, 9.17) is 0 Å². The van der Waals surface area contributed by atoms with Crippen LogP contribution in [0.5, 0.6) is 0 Å². The zero-order chi connectivity index (χ0) is 13.5. The summed E-state index contributed by atoms with van der Waals surface area (Å²) in [4.78, 5) is 2.46. The van der Waals surface area contributed by atoms with Gasteiger partial charge in [-0.05, 0) is 56.4 Å². The average Bonchev–Trinajstić information content (AvgIpc) is 2.42. The average molecular weight is 260 g/mol. The minimum absolute atomic E-state index is 0.832. The standard InChI is InChI=1S/C17H28N2/c1-3-5-15-7-9-16(10-8-15)13-19(2)14-17-6-4-11-18-12-17/h7-10,17-18H,3-6,11-14H2,1-2H3. The SMILES string of the molecule is CCCc1ccc(CN(C)CC2CCCNC2)cc1. The normalized spacial score (nSPS) is 19.8. The highest BCUT2D eigenvalue weighted by Gasteiger charge is 2.14. The molecule has 0 radical (unpaired) electrons. The van der Waals surface area contributed by atoms with Crippen molar-refractivity contribution in [2.75, 3.05) is 26.7 Å². The molecule has 2 heteroatoms. The summed E-state index contributed by atoms with van der Waals surface area (Å²) in [6.45, 7) is 6.92. The molecule has 19 heavy (non-hydrogen) atoms. The van der Waals surface area contributed by atoms with Gasteiger partial charge in [-0.3, -0.25) is 0 Å². The second-order valence-electron chi connectivity index (χ2n) is 5.98. The molecule has 1 aromatic rings. The first-order valence-corrected chi connectivity index (χ1v) is 7.75. The number of benzene rings is 1. The summed E-state index contributed by atoms with van der Waals surface area (Å²) in [6, 6.07) is 9.16. The van der Waals surface area contributed by atoms with E-state index in [1.165, 1.54) is 56.4 Å². The molecule has 1 heterocycles. The molecule has 1 saturated heterocycles. The van der Waals surface area contributed by atoms with Crippen LogP contribution in [0.25, 0.3) is 0 Å². The fourth-order valence-corrected chi connectivity index (χ4v) is 3.00. The molecule has 2 rings (SSSR count). The third-order valence-corrected chi connectivity index (χ3v) is 3.98. The van der Waals surface area contributed by atoms with Crippen LogP contribution < -0.4 is 5.32 Å². The Morgan fingerprint density at radius 2 is 1.95 bits per heavy atom. The van der Waals surface area contributed by atoms with Crippen molar-refractivity contribution in [2.24, 2.45) is 5.92 Å². The van der Waals surface area contributed by atoms with Gasteiger partial charge in [0.1, 0.15) is 0 Å². The van der Waals surface area contributed by atoms with Crippen LogP contribution in [0.1, 0.15) is 37.3 Å². The Labute approximate surface area is 118 Å². The van der Waals surface area contributed by atoms with Crippen LogP contribution in [-0.2, 0) is 13.0 Å². The Hall–Kier alpha value is -0.860. The molecular weight excluding hydrogens is 232 g/mol. The van der Waals surface area contributed by atoms with Crippen LogP contribution in [0.3, 0.4) is 0 Å². The van der Waals surface area contributed by atoms with Gasteiger partial charge in [-0.25, -0.2) is 0 Å². The van der Waals surface area contributed by atoms with Gasteiger partial charge in [-0.2, -0.15) is 0 Å². The first kappa shape index (κ1) is 14.5. The number of rotatable bonds is 6. The maximum Gasteiger partial charge on any atom is 0.0230 e. The zero-order valence-electron chi connectivity index (χ0n) is 12.5. The Bertz CT molecular complexity index is 352. The topological polar surface area (TPSA) is 15.3 Å². The molecule has 1 aliphatic rings. The molecular formula is C17H28N2. The molecule has 1 unspecified atom stereocenters. The first-order chi connectivity index (χ1) is 9.28. The highest BCUT2D eigenvalue weighted by Crippen LogP contribution is 2.13. The Morgan fingerprint density at radius 1 is 1.21 bits per heavy atom.